The summed E-state index contributed by atoms with van der Waals surface area (Å²) in [5, 5.41) is 2.83. The predicted octanol–water partition coefficient (Wildman–Crippen LogP) is 2.60. The molecule has 0 aliphatic heterocycles. The average molecular weight is 393 g/mol. The Morgan fingerprint density at radius 2 is 1.62 bits per heavy atom. The standard InChI is InChI=1S/C22H23N3O4/c1-5-29-16-9-6-15(7-10-16)8-11-20(26)23-17-13-19-18(12-14(17)2)24(3)21(27)22(28)25(19)4/h6-13H,5H2,1-4H3,(H,23,26)/b11-8+. The summed E-state index contributed by atoms with van der Waals surface area (Å²) in [6.45, 7) is 4.35. The van der Waals surface area contributed by atoms with E-state index in [1.807, 2.05) is 38.1 Å². The molecule has 2 aromatic carbocycles. The highest BCUT2D eigenvalue weighted by Gasteiger charge is 2.12. The van der Waals surface area contributed by atoms with Crippen molar-refractivity contribution in [3.8, 4) is 5.75 Å². The van der Waals surface area contributed by atoms with Gasteiger partial charge in [-0.3, -0.25) is 14.4 Å². The van der Waals surface area contributed by atoms with Crippen molar-refractivity contribution in [1.82, 2.24) is 9.13 Å². The number of aromatic nitrogens is 2. The summed E-state index contributed by atoms with van der Waals surface area (Å²) in [6, 6.07) is 10.9. The third-order valence-corrected chi connectivity index (χ3v) is 4.71. The van der Waals surface area contributed by atoms with Gasteiger partial charge in [-0.15, -0.1) is 0 Å². The lowest BCUT2D eigenvalue weighted by atomic mass is 10.1. The Balaban J connectivity index is 1.85. The largest absolute Gasteiger partial charge is 0.494 e. The van der Waals surface area contributed by atoms with Crippen LogP contribution >= 0.6 is 0 Å². The maximum Gasteiger partial charge on any atom is 0.316 e. The lowest BCUT2D eigenvalue weighted by Crippen LogP contribution is -2.39. The van der Waals surface area contributed by atoms with E-state index >= 15 is 0 Å². The summed E-state index contributed by atoms with van der Waals surface area (Å²) < 4.78 is 8.01. The molecule has 1 N–H and O–H groups in total. The topological polar surface area (TPSA) is 82.3 Å². The summed E-state index contributed by atoms with van der Waals surface area (Å²) >= 11 is 0. The van der Waals surface area contributed by atoms with Gasteiger partial charge < -0.3 is 19.2 Å². The number of nitrogens with zero attached hydrogens (tertiary/aromatic N) is 2. The molecule has 7 heteroatoms. The van der Waals surface area contributed by atoms with Crippen molar-refractivity contribution >= 4 is 28.7 Å². The van der Waals surface area contributed by atoms with Crippen LogP contribution < -0.4 is 21.2 Å². The molecule has 29 heavy (non-hydrogen) atoms. The Hall–Kier alpha value is -3.61. The van der Waals surface area contributed by atoms with Crippen LogP contribution in [0.1, 0.15) is 18.1 Å². The molecule has 0 bridgehead atoms. The number of hydrogen-bond donors (Lipinski definition) is 1. The second-order valence-corrected chi connectivity index (χ2v) is 6.71. The minimum Gasteiger partial charge on any atom is -0.494 e. The molecular weight excluding hydrogens is 370 g/mol. The zero-order valence-electron chi connectivity index (χ0n) is 16.9. The van der Waals surface area contributed by atoms with Crippen molar-refractivity contribution in [3.63, 3.8) is 0 Å². The van der Waals surface area contributed by atoms with Crippen molar-refractivity contribution in [2.45, 2.75) is 13.8 Å². The Labute approximate surface area is 167 Å². The molecule has 3 aromatic rings. The van der Waals surface area contributed by atoms with E-state index in [4.69, 9.17) is 4.74 Å². The zero-order valence-corrected chi connectivity index (χ0v) is 16.9. The number of hydrogen-bond acceptors (Lipinski definition) is 4. The summed E-state index contributed by atoms with van der Waals surface area (Å²) in [5.74, 6) is 0.483. The van der Waals surface area contributed by atoms with Crippen molar-refractivity contribution in [2.75, 3.05) is 11.9 Å². The third-order valence-electron chi connectivity index (χ3n) is 4.71. The molecule has 0 saturated carbocycles. The minimum atomic E-state index is -0.614. The summed E-state index contributed by atoms with van der Waals surface area (Å²) in [6.07, 6.45) is 3.15. The second-order valence-electron chi connectivity index (χ2n) is 6.71. The fourth-order valence-corrected chi connectivity index (χ4v) is 3.05. The fourth-order valence-electron chi connectivity index (χ4n) is 3.05. The van der Waals surface area contributed by atoms with Crippen LogP contribution in [0.15, 0.2) is 52.1 Å². The van der Waals surface area contributed by atoms with E-state index in [9.17, 15) is 14.4 Å². The number of rotatable bonds is 5. The number of benzene rings is 2. The molecule has 0 aliphatic rings. The van der Waals surface area contributed by atoms with Gasteiger partial charge in [-0.05, 0) is 55.3 Å². The lowest BCUT2D eigenvalue weighted by Gasteiger charge is -2.13. The monoisotopic (exact) mass is 393 g/mol. The van der Waals surface area contributed by atoms with Crippen LogP contribution in [0.25, 0.3) is 17.1 Å². The first-order chi connectivity index (χ1) is 13.8. The molecule has 0 spiro atoms. The highest BCUT2D eigenvalue weighted by molar-refractivity contribution is 6.03. The maximum atomic E-state index is 12.4. The van der Waals surface area contributed by atoms with Gasteiger partial charge in [0.25, 0.3) is 0 Å². The van der Waals surface area contributed by atoms with Gasteiger partial charge in [-0.2, -0.15) is 0 Å². The normalized spacial score (nSPS) is 11.2. The SMILES string of the molecule is CCOc1ccc(/C=C/C(=O)Nc2cc3c(cc2C)n(C)c(=O)c(=O)n3C)cc1. The Bertz CT molecular complexity index is 1220. The lowest BCUT2D eigenvalue weighted by molar-refractivity contribution is -0.111. The Morgan fingerprint density at radius 1 is 1.03 bits per heavy atom. The van der Waals surface area contributed by atoms with Crippen LogP contribution in [-0.2, 0) is 18.9 Å². The van der Waals surface area contributed by atoms with Crippen LogP contribution in [0.2, 0.25) is 0 Å². The number of carbonyl (C=O) groups excluding carboxylic acids is 1. The molecule has 3 rings (SSSR count). The van der Waals surface area contributed by atoms with Gasteiger partial charge >= 0.3 is 11.1 Å². The van der Waals surface area contributed by atoms with Gasteiger partial charge in [0.2, 0.25) is 5.91 Å². The Morgan fingerprint density at radius 3 is 2.21 bits per heavy atom. The Kier molecular flexibility index (Phi) is 5.68. The smallest absolute Gasteiger partial charge is 0.316 e. The van der Waals surface area contributed by atoms with Gasteiger partial charge in [-0.1, -0.05) is 12.1 Å². The molecule has 1 amide bonds. The van der Waals surface area contributed by atoms with Gasteiger partial charge in [-0.25, -0.2) is 0 Å². The number of nitrogens with one attached hydrogen (secondary N) is 1. The van der Waals surface area contributed by atoms with Crippen LogP contribution in [0.3, 0.4) is 0 Å². The van der Waals surface area contributed by atoms with E-state index in [1.54, 1.807) is 32.3 Å². The van der Waals surface area contributed by atoms with E-state index in [1.165, 1.54) is 15.2 Å². The van der Waals surface area contributed by atoms with Gasteiger partial charge in [0.15, 0.2) is 0 Å². The molecule has 0 fully saturated rings. The summed E-state index contributed by atoms with van der Waals surface area (Å²) in [4.78, 5) is 36.4. The van der Waals surface area contributed by atoms with E-state index < -0.39 is 11.1 Å². The molecule has 0 atom stereocenters. The molecule has 150 valence electrons. The van der Waals surface area contributed by atoms with E-state index in [0.717, 1.165) is 16.9 Å². The molecular formula is C22H23N3O4. The quantitative estimate of drug-likeness (QED) is 0.534. The molecule has 0 radical (unpaired) electrons. The second kappa shape index (κ2) is 8.18. The number of ether oxygens (including phenoxy) is 1. The first kappa shape index (κ1) is 20.1. The predicted molar refractivity (Wildman–Crippen MR) is 114 cm³/mol. The van der Waals surface area contributed by atoms with Crippen molar-refractivity contribution in [1.29, 1.82) is 0 Å². The molecule has 0 aliphatic carbocycles. The summed E-state index contributed by atoms with van der Waals surface area (Å²) in [7, 11) is 3.10. The molecule has 1 heterocycles. The van der Waals surface area contributed by atoms with E-state index in [-0.39, 0.29) is 5.91 Å². The molecule has 0 saturated heterocycles. The summed E-state index contributed by atoms with van der Waals surface area (Å²) in [5.41, 5.74) is 2.22. The van der Waals surface area contributed by atoms with Crippen LogP contribution in [0, 0.1) is 6.92 Å². The molecule has 7 nitrogen and oxygen atoms in total. The molecule has 1 aromatic heterocycles. The van der Waals surface area contributed by atoms with Gasteiger partial charge in [0, 0.05) is 25.9 Å². The van der Waals surface area contributed by atoms with Crippen molar-refractivity contribution in [2.24, 2.45) is 14.1 Å². The highest BCUT2D eigenvalue weighted by Crippen LogP contribution is 2.22. The minimum absolute atomic E-state index is 0.295. The van der Waals surface area contributed by atoms with E-state index in [0.29, 0.717) is 23.3 Å². The van der Waals surface area contributed by atoms with Gasteiger partial charge in [0.1, 0.15) is 5.75 Å². The zero-order chi connectivity index (χ0) is 21.1. The van der Waals surface area contributed by atoms with Crippen LogP contribution in [0.4, 0.5) is 5.69 Å². The third kappa shape index (κ3) is 4.13. The number of amides is 1. The first-order valence-electron chi connectivity index (χ1n) is 9.24. The number of aryl methyl sites for hydroxylation is 3. The maximum absolute atomic E-state index is 12.4. The molecule has 0 unspecified atom stereocenters. The van der Waals surface area contributed by atoms with Crippen molar-refractivity contribution in [3.05, 3.63) is 74.3 Å². The van der Waals surface area contributed by atoms with E-state index in [2.05, 4.69) is 5.32 Å². The van der Waals surface area contributed by atoms with Gasteiger partial charge in [0.05, 0.1) is 17.6 Å². The fraction of sp³-hybridized carbons (Fsp3) is 0.227. The van der Waals surface area contributed by atoms with Crippen LogP contribution in [0.5, 0.6) is 5.75 Å². The number of fused-ring (bicyclic) bond motifs is 1. The van der Waals surface area contributed by atoms with Crippen molar-refractivity contribution < 1.29 is 9.53 Å². The number of anilines is 1. The number of carbonyl (C=O) groups is 1. The van der Waals surface area contributed by atoms with Crippen LogP contribution in [-0.4, -0.2) is 21.6 Å². The highest BCUT2D eigenvalue weighted by atomic mass is 16.5. The average Bonchev–Trinajstić information content (AvgIpc) is 2.71. The first-order valence-corrected chi connectivity index (χ1v) is 9.24.